The minimum Gasteiger partial charge on any atom is -0.296 e. The molecule has 0 aliphatic rings. The lowest BCUT2D eigenvalue weighted by Gasteiger charge is -1.88. The van der Waals surface area contributed by atoms with Crippen molar-refractivity contribution in [3.63, 3.8) is 0 Å². The van der Waals surface area contributed by atoms with Gasteiger partial charge in [0.15, 0.2) is 18.4 Å². The molecular formula is C5H3IN2O2. The number of halogens is 1. The lowest BCUT2D eigenvalue weighted by Crippen LogP contribution is -1.92. The molecule has 1 rings (SSSR count). The van der Waals surface area contributed by atoms with E-state index in [1.807, 2.05) is 22.9 Å². The van der Waals surface area contributed by atoms with Crippen LogP contribution in [0, 0.1) is 0 Å². The number of aromatic nitrogens is 2. The number of carbonyl (C=O) groups is 2. The molecule has 0 atom stereocenters. The van der Waals surface area contributed by atoms with Crippen LogP contribution >= 0.6 is 22.9 Å². The van der Waals surface area contributed by atoms with Crippen LogP contribution in [0.1, 0.15) is 21.1 Å². The smallest absolute Gasteiger partial charge is 0.186 e. The van der Waals surface area contributed by atoms with Crippen LogP contribution < -0.4 is 0 Å². The molecule has 0 unspecified atom stereocenters. The second-order valence-corrected chi connectivity index (χ2v) is 2.52. The third kappa shape index (κ3) is 1.08. The molecule has 4 nitrogen and oxygen atoms in total. The Kier molecular flexibility index (Phi) is 2.15. The Balaban J connectivity index is 3.20. The fourth-order valence-corrected chi connectivity index (χ4v) is 0.996. The van der Waals surface area contributed by atoms with E-state index in [2.05, 4.69) is 4.98 Å². The average molecular weight is 250 g/mol. The minimum absolute atomic E-state index is 0.253. The first-order valence-electron chi connectivity index (χ1n) is 2.44. The van der Waals surface area contributed by atoms with Gasteiger partial charge in [-0.3, -0.25) is 12.4 Å². The van der Waals surface area contributed by atoms with Crippen molar-refractivity contribution in [1.29, 1.82) is 0 Å². The van der Waals surface area contributed by atoms with Gasteiger partial charge in [0, 0.05) is 0 Å². The Morgan fingerprint density at radius 2 is 2.20 bits per heavy atom. The molecule has 10 heavy (non-hydrogen) atoms. The monoisotopic (exact) mass is 250 g/mol. The van der Waals surface area contributed by atoms with Crippen molar-refractivity contribution >= 4 is 35.4 Å². The second kappa shape index (κ2) is 2.91. The predicted octanol–water partition coefficient (Wildman–Crippen LogP) is 0.706. The van der Waals surface area contributed by atoms with Crippen LogP contribution in [-0.4, -0.2) is 20.3 Å². The summed E-state index contributed by atoms with van der Waals surface area (Å²) in [5, 5.41) is 0. The Hall–Kier alpha value is -0.720. The zero-order valence-corrected chi connectivity index (χ0v) is 6.98. The first-order chi connectivity index (χ1) is 4.79. The molecule has 0 N–H and O–H groups in total. The predicted molar refractivity (Wildman–Crippen MR) is 42.4 cm³/mol. The number of hydrogen-bond donors (Lipinski definition) is 0. The molecule has 5 heteroatoms. The van der Waals surface area contributed by atoms with Gasteiger partial charge < -0.3 is 0 Å². The summed E-state index contributed by atoms with van der Waals surface area (Å²) in [4.78, 5) is 24.0. The van der Waals surface area contributed by atoms with E-state index < -0.39 is 0 Å². The Morgan fingerprint density at radius 1 is 1.50 bits per heavy atom. The summed E-state index contributed by atoms with van der Waals surface area (Å²) in [5.74, 6) is 0.253. The lowest BCUT2D eigenvalue weighted by molar-refractivity contribution is 0.111. The molecule has 0 spiro atoms. The van der Waals surface area contributed by atoms with Crippen LogP contribution in [-0.2, 0) is 0 Å². The van der Waals surface area contributed by atoms with Crippen molar-refractivity contribution in [3.05, 3.63) is 17.7 Å². The van der Waals surface area contributed by atoms with Gasteiger partial charge >= 0.3 is 0 Å². The molecule has 1 heterocycles. The maximum absolute atomic E-state index is 10.2. The van der Waals surface area contributed by atoms with Crippen LogP contribution in [0.25, 0.3) is 0 Å². The normalized spacial score (nSPS) is 9.30. The molecule has 1 aromatic heterocycles. The van der Waals surface area contributed by atoms with Crippen molar-refractivity contribution in [2.24, 2.45) is 0 Å². The summed E-state index contributed by atoms with van der Waals surface area (Å²) >= 11 is 1.83. The van der Waals surface area contributed by atoms with Crippen molar-refractivity contribution < 1.29 is 9.59 Å². The highest BCUT2D eigenvalue weighted by molar-refractivity contribution is 14.1. The largest absolute Gasteiger partial charge is 0.296 e. The fourth-order valence-electron chi connectivity index (χ4n) is 0.519. The third-order valence-corrected chi connectivity index (χ3v) is 2.03. The van der Waals surface area contributed by atoms with E-state index in [0.29, 0.717) is 18.3 Å². The van der Waals surface area contributed by atoms with Gasteiger partial charge in [0.05, 0.1) is 29.1 Å². The Labute approximate surface area is 70.7 Å². The number of nitrogens with zero attached hydrogens (tertiary/aromatic N) is 2. The Bertz CT molecular complexity index is 243. The number of hydrogen-bond acceptors (Lipinski definition) is 3. The third-order valence-electron chi connectivity index (χ3n) is 0.983. The minimum atomic E-state index is 0.253. The fraction of sp³-hybridized carbons (Fsp3) is 0. The van der Waals surface area contributed by atoms with E-state index in [-0.39, 0.29) is 5.82 Å². The summed E-state index contributed by atoms with van der Waals surface area (Å²) in [6, 6.07) is 0. The van der Waals surface area contributed by atoms with Crippen LogP contribution in [0.2, 0.25) is 0 Å². The van der Waals surface area contributed by atoms with E-state index >= 15 is 0 Å². The summed E-state index contributed by atoms with van der Waals surface area (Å²) in [5.41, 5.74) is 0.391. The zero-order valence-electron chi connectivity index (χ0n) is 4.82. The van der Waals surface area contributed by atoms with Gasteiger partial charge in [0.1, 0.15) is 5.69 Å². The molecule has 0 radical (unpaired) electrons. The van der Waals surface area contributed by atoms with Gasteiger partial charge in [0.2, 0.25) is 0 Å². The maximum atomic E-state index is 10.2. The number of imidazole rings is 1. The number of carbonyl (C=O) groups excluding carboxylic acids is 2. The molecule has 0 amide bonds. The van der Waals surface area contributed by atoms with Crippen LogP contribution in [0.4, 0.5) is 0 Å². The van der Waals surface area contributed by atoms with Crippen molar-refractivity contribution in [3.8, 4) is 0 Å². The number of aldehydes is 2. The standard InChI is InChI=1S/C5H3IN2O2/c6-8-4(2-9)1-7-5(8)3-10/h1-3H. The molecule has 0 saturated heterocycles. The first kappa shape index (κ1) is 7.39. The first-order valence-corrected chi connectivity index (χ1v) is 3.40. The molecule has 0 saturated carbocycles. The van der Waals surface area contributed by atoms with E-state index in [9.17, 15) is 9.59 Å². The molecule has 52 valence electrons. The van der Waals surface area contributed by atoms with Crippen molar-refractivity contribution in [2.75, 3.05) is 0 Å². The summed E-state index contributed by atoms with van der Waals surface area (Å²) in [6.45, 7) is 0. The Morgan fingerprint density at radius 3 is 2.50 bits per heavy atom. The van der Waals surface area contributed by atoms with Gasteiger partial charge in [-0.25, -0.2) is 4.98 Å². The van der Waals surface area contributed by atoms with Crippen molar-refractivity contribution in [1.82, 2.24) is 7.76 Å². The second-order valence-electron chi connectivity index (χ2n) is 1.56. The van der Waals surface area contributed by atoms with E-state index in [4.69, 9.17) is 0 Å². The van der Waals surface area contributed by atoms with Gasteiger partial charge in [-0.05, 0) is 0 Å². The van der Waals surface area contributed by atoms with Crippen LogP contribution in [0.3, 0.4) is 0 Å². The topological polar surface area (TPSA) is 52.0 Å². The van der Waals surface area contributed by atoms with E-state index in [1.54, 1.807) is 0 Å². The highest BCUT2D eigenvalue weighted by Gasteiger charge is 2.03. The lowest BCUT2D eigenvalue weighted by atomic mass is 10.5. The molecule has 0 fully saturated rings. The highest BCUT2D eigenvalue weighted by Crippen LogP contribution is 2.04. The molecule has 1 aromatic rings. The summed E-state index contributed by atoms with van der Waals surface area (Å²) in [6.07, 6.45) is 2.59. The van der Waals surface area contributed by atoms with E-state index in [1.165, 1.54) is 8.98 Å². The van der Waals surface area contributed by atoms with Crippen molar-refractivity contribution in [2.45, 2.75) is 0 Å². The van der Waals surface area contributed by atoms with Crippen LogP contribution in [0.15, 0.2) is 6.20 Å². The molecule has 0 aromatic carbocycles. The molecule has 0 aliphatic heterocycles. The summed E-state index contributed by atoms with van der Waals surface area (Å²) < 4.78 is 1.40. The molecule has 0 bridgehead atoms. The zero-order chi connectivity index (χ0) is 7.56. The van der Waals surface area contributed by atoms with Crippen LogP contribution in [0.5, 0.6) is 0 Å². The van der Waals surface area contributed by atoms with Gasteiger partial charge in [-0.2, -0.15) is 0 Å². The molecule has 0 aliphatic carbocycles. The average Bonchev–Trinajstić information content (AvgIpc) is 2.30. The van der Waals surface area contributed by atoms with Gasteiger partial charge in [-0.1, -0.05) is 0 Å². The van der Waals surface area contributed by atoms with Gasteiger partial charge in [0.25, 0.3) is 0 Å². The molecular weight excluding hydrogens is 247 g/mol. The maximum Gasteiger partial charge on any atom is 0.186 e. The summed E-state index contributed by atoms with van der Waals surface area (Å²) in [7, 11) is 0. The number of rotatable bonds is 2. The SMILES string of the molecule is O=Cc1cnc(C=O)n1I. The van der Waals surface area contributed by atoms with Gasteiger partial charge in [-0.15, -0.1) is 0 Å². The van der Waals surface area contributed by atoms with E-state index in [0.717, 1.165) is 0 Å². The highest BCUT2D eigenvalue weighted by atomic mass is 127. The quantitative estimate of drug-likeness (QED) is 0.573.